The molecule has 0 unspecified atom stereocenters. The van der Waals surface area contributed by atoms with Gasteiger partial charge in [-0.15, -0.1) is 0 Å². The van der Waals surface area contributed by atoms with E-state index in [2.05, 4.69) is 0 Å². The molecule has 1 fully saturated rings. The maximum atomic E-state index is 14.6. The van der Waals surface area contributed by atoms with Gasteiger partial charge in [0.2, 0.25) is 0 Å². The molecule has 230 valence electrons. The summed E-state index contributed by atoms with van der Waals surface area (Å²) in [5.74, 6) is -0.0787. The Hall–Kier alpha value is -4.50. The van der Waals surface area contributed by atoms with E-state index < -0.39 is 17.3 Å². The van der Waals surface area contributed by atoms with Crippen LogP contribution >= 0.6 is 0 Å². The number of rotatable bonds is 6. The lowest BCUT2D eigenvalue weighted by atomic mass is 9.71. The van der Waals surface area contributed by atoms with E-state index >= 15 is 0 Å². The molecular weight excluding hydrogens is 568 g/mol. The van der Waals surface area contributed by atoms with E-state index in [-0.39, 0.29) is 36.8 Å². The van der Waals surface area contributed by atoms with Crippen LogP contribution in [0.2, 0.25) is 0 Å². The van der Waals surface area contributed by atoms with Crippen molar-refractivity contribution in [3.63, 3.8) is 0 Å². The first-order chi connectivity index (χ1) is 21.6. The third-order valence-electron chi connectivity index (χ3n) is 9.46. The molecule has 2 N–H and O–H groups in total. The second-order valence-electron chi connectivity index (χ2n) is 12.7. The van der Waals surface area contributed by atoms with Crippen LogP contribution in [0.1, 0.15) is 48.7 Å². The number of anilines is 3. The van der Waals surface area contributed by atoms with Gasteiger partial charge in [-0.25, -0.2) is 0 Å². The zero-order valence-electron chi connectivity index (χ0n) is 25.5. The highest BCUT2D eigenvalue weighted by Gasteiger charge is 2.65. The second-order valence-corrected chi connectivity index (χ2v) is 12.7. The number of amides is 2. The smallest absolute Gasteiger partial charge is 0.266 e. The highest BCUT2D eigenvalue weighted by molar-refractivity contribution is 6.14. The minimum atomic E-state index is -1.29. The molecule has 7 rings (SSSR count). The SMILES string of the molecule is C[C@@H]1[C@@H](C(C)(C)O)[C@H](CCO)O[C@@]12C(=O)N(Cc1cccc(N3C(=O)c4ccccc4Oc4ccccc43)c1)c1ccccc12. The van der Waals surface area contributed by atoms with E-state index in [1.807, 2.05) is 91.9 Å². The third-order valence-corrected chi connectivity index (χ3v) is 9.46. The summed E-state index contributed by atoms with van der Waals surface area (Å²) in [6, 6.07) is 29.9. The van der Waals surface area contributed by atoms with E-state index in [9.17, 15) is 19.8 Å². The van der Waals surface area contributed by atoms with Crippen molar-refractivity contribution in [1.82, 2.24) is 0 Å². The lowest BCUT2D eigenvalue weighted by Crippen LogP contribution is -2.46. The molecule has 3 aliphatic heterocycles. The number of carbonyl (C=O) groups excluding carboxylic acids is 2. The summed E-state index contributed by atoms with van der Waals surface area (Å²) in [7, 11) is 0. The molecule has 4 aromatic rings. The number of aliphatic hydroxyl groups is 2. The zero-order chi connectivity index (χ0) is 31.5. The van der Waals surface area contributed by atoms with Gasteiger partial charge in [0.1, 0.15) is 5.75 Å². The van der Waals surface area contributed by atoms with Gasteiger partial charge in [-0.3, -0.25) is 14.5 Å². The summed E-state index contributed by atoms with van der Waals surface area (Å²) in [6.45, 7) is 5.57. The Bertz CT molecular complexity index is 1800. The molecule has 3 aliphatic rings. The van der Waals surface area contributed by atoms with Crippen LogP contribution in [0.15, 0.2) is 97.1 Å². The standard InChI is InChI=1S/C37H36N2O6/c1-23-33(36(2,3)43)32(19-20-40)45-37(23)27-14-5-6-15-28(27)38(35(37)42)22-24-11-10-12-25(21-24)39-29-16-7-9-18-31(29)44-30-17-8-4-13-26(30)34(39)41/h4-18,21,23,32-33,40,43H,19-20,22H2,1-3H3/t23-,32+,33-,37+/m1/s1. The molecule has 8 heteroatoms. The van der Waals surface area contributed by atoms with Gasteiger partial charge < -0.3 is 24.6 Å². The summed E-state index contributed by atoms with van der Waals surface area (Å²) >= 11 is 0. The van der Waals surface area contributed by atoms with E-state index in [0.29, 0.717) is 34.9 Å². The maximum absolute atomic E-state index is 14.6. The largest absolute Gasteiger partial charge is 0.454 e. The topological polar surface area (TPSA) is 99.5 Å². The number of nitrogens with zero attached hydrogens (tertiary/aromatic N) is 2. The highest BCUT2D eigenvalue weighted by Crippen LogP contribution is 2.58. The maximum Gasteiger partial charge on any atom is 0.266 e. The molecule has 0 saturated carbocycles. The Morgan fingerprint density at radius 2 is 1.56 bits per heavy atom. The van der Waals surface area contributed by atoms with Gasteiger partial charge in [0.05, 0.1) is 35.2 Å². The van der Waals surface area contributed by atoms with Crippen molar-refractivity contribution in [2.45, 2.75) is 51.0 Å². The van der Waals surface area contributed by atoms with Gasteiger partial charge in [0.25, 0.3) is 11.8 Å². The lowest BCUT2D eigenvalue weighted by molar-refractivity contribution is -0.146. The summed E-state index contributed by atoms with van der Waals surface area (Å²) in [5.41, 5.74) is 1.64. The third kappa shape index (κ3) is 4.55. The number of fused-ring (bicyclic) bond motifs is 4. The fourth-order valence-corrected chi connectivity index (χ4v) is 7.63. The Morgan fingerprint density at radius 1 is 0.867 bits per heavy atom. The molecule has 1 saturated heterocycles. The fraction of sp³-hybridized carbons (Fsp3) is 0.297. The number of carbonyl (C=O) groups is 2. The Balaban J connectivity index is 1.27. The van der Waals surface area contributed by atoms with Crippen LogP contribution in [0.3, 0.4) is 0 Å². The predicted molar refractivity (Wildman–Crippen MR) is 171 cm³/mol. The summed E-state index contributed by atoms with van der Waals surface area (Å²) in [5, 5.41) is 21.0. The van der Waals surface area contributed by atoms with Gasteiger partial charge >= 0.3 is 0 Å². The molecule has 2 amide bonds. The molecule has 1 spiro atoms. The van der Waals surface area contributed by atoms with Crippen LogP contribution < -0.4 is 14.5 Å². The first-order valence-corrected chi connectivity index (χ1v) is 15.4. The lowest BCUT2D eigenvalue weighted by Gasteiger charge is -2.34. The highest BCUT2D eigenvalue weighted by atomic mass is 16.5. The molecule has 45 heavy (non-hydrogen) atoms. The molecule has 0 radical (unpaired) electrons. The minimum absolute atomic E-state index is 0.111. The van der Waals surface area contributed by atoms with Crippen LogP contribution in [0.25, 0.3) is 0 Å². The van der Waals surface area contributed by atoms with Gasteiger partial charge in [0, 0.05) is 29.7 Å². The Morgan fingerprint density at radius 3 is 2.31 bits per heavy atom. The van der Waals surface area contributed by atoms with Crippen molar-refractivity contribution in [3.8, 4) is 11.5 Å². The fourth-order valence-electron chi connectivity index (χ4n) is 7.63. The average molecular weight is 605 g/mol. The summed E-state index contributed by atoms with van der Waals surface area (Å²) in [4.78, 5) is 32.0. The number of hydrogen-bond donors (Lipinski definition) is 2. The van der Waals surface area contributed by atoms with Gasteiger partial charge in [-0.05, 0) is 68.3 Å². The Labute approximate surface area is 262 Å². The van der Waals surface area contributed by atoms with Crippen molar-refractivity contribution in [1.29, 1.82) is 0 Å². The van der Waals surface area contributed by atoms with Crippen molar-refractivity contribution in [2.24, 2.45) is 11.8 Å². The van der Waals surface area contributed by atoms with Gasteiger partial charge in [0.15, 0.2) is 11.4 Å². The number of benzene rings is 4. The van der Waals surface area contributed by atoms with Crippen molar-refractivity contribution < 1.29 is 29.3 Å². The molecule has 8 nitrogen and oxygen atoms in total. The zero-order valence-corrected chi connectivity index (χ0v) is 25.5. The summed E-state index contributed by atoms with van der Waals surface area (Å²) < 4.78 is 12.8. The number of hydrogen-bond acceptors (Lipinski definition) is 6. The molecule has 4 atom stereocenters. The number of para-hydroxylation sites is 4. The normalized spacial score (nSPS) is 23.9. The predicted octanol–water partition coefficient (Wildman–Crippen LogP) is 6.32. The average Bonchev–Trinajstić information content (AvgIpc) is 3.40. The van der Waals surface area contributed by atoms with E-state index in [4.69, 9.17) is 9.47 Å². The van der Waals surface area contributed by atoms with Crippen LogP contribution in [-0.2, 0) is 21.7 Å². The first kappa shape index (κ1) is 29.2. The molecule has 0 bridgehead atoms. The minimum Gasteiger partial charge on any atom is -0.454 e. The van der Waals surface area contributed by atoms with Crippen LogP contribution in [0, 0.1) is 11.8 Å². The van der Waals surface area contributed by atoms with Crippen LogP contribution in [0.5, 0.6) is 11.5 Å². The molecular formula is C37H36N2O6. The van der Waals surface area contributed by atoms with Crippen molar-refractivity contribution >= 4 is 28.9 Å². The monoisotopic (exact) mass is 604 g/mol. The van der Waals surface area contributed by atoms with Crippen LogP contribution in [0.4, 0.5) is 17.1 Å². The molecule has 0 aromatic heterocycles. The molecule has 4 aromatic carbocycles. The van der Waals surface area contributed by atoms with E-state index in [0.717, 1.165) is 16.8 Å². The van der Waals surface area contributed by atoms with Gasteiger partial charge in [-0.1, -0.05) is 61.5 Å². The van der Waals surface area contributed by atoms with Crippen molar-refractivity contribution in [2.75, 3.05) is 16.4 Å². The van der Waals surface area contributed by atoms with Gasteiger partial charge in [-0.2, -0.15) is 0 Å². The quantitative estimate of drug-likeness (QED) is 0.267. The molecule has 0 aliphatic carbocycles. The number of ether oxygens (including phenoxy) is 2. The summed E-state index contributed by atoms with van der Waals surface area (Å²) in [6.07, 6.45) is -0.180. The number of aliphatic hydroxyl groups excluding tert-OH is 1. The van der Waals surface area contributed by atoms with Crippen LogP contribution in [-0.4, -0.2) is 40.3 Å². The van der Waals surface area contributed by atoms with E-state index in [1.165, 1.54) is 0 Å². The second kappa shape index (κ2) is 10.8. The molecule has 3 heterocycles. The first-order valence-electron chi connectivity index (χ1n) is 15.4. The van der Waals surface area contributed by atoms with E-state index in [1.54, 1.807) is 35.8 Å². The Kier molecular flexibility index (Phi) is 7.04. The van der Waals surface area contributed by atoms with Crippen molar-refractivity contribution in [3.05, 3.63) is 114 Å².